The first-order chi connectivity index (χ1) is 23.4. The number of halogens is 3. The van der Waals surface area contributed by atoms with Crippen molar-refractivity contribution < 1.29 is 37.0 Å². The molecule has 49 heavy (non-hydrogen) atoms. The summed E-state index contributed by atoms with van der Waals surface area (Å²) in [4.78, 5) is 35.2. The fourth-order valence-corrected chi connectivity index (χ4v) is 5.94. The Morgan fingerprint density at radius 1 is 1.06 bits per heavy atom. The Morgan fingerprint density at radius 2 is 1.78 bits per heavy atom. The number of carbonyl (C=O) groups excluding carboxylic acids is 2. The highest BCUT2D eigenvalue weighted by molar-refractivity contribution is 8.15. The number of alkyl carbamates (subject to hydrolysis) is 1. The van der Waals surface area contributed by atoms with E-state index in [9.17, 15) is 22.8 Å². The zero-order chi connectivity index (χ0) is 35.1. The predicted octanol–water partition coefficient (Wildman–Crippen LogP) is 5.78. The van der Waals surface area contributed by atoms with Gasteiger partial charge < -0.3 is 24.8 Å². The molecule has 0 aliphatic carbocycles. The van der Waals surface area contributed by atoms with Crippen LogP contribution >= 0.6 is 24.0 Å². The molecule has 2 N–H and O–H groups in total. The van der Waals surface area contributed by atoms with Gasteiger partial charge in [0.25, 0.3) is 0 Å². The molecule has 2 amide bonds. The number of aryl methyl sites for hydroxylation is 2. The van der Waals surface area contributed by atoms with Crippen molar-refractivity contribution in [3.8, 4) is 28.6 Å². The average molecular weight is 714 g/mol. The quantitative estimate of drug-likeness (QED) is 0.154. The predicted molar refractivity (Wildman–Crippen MR) is 182 cm³/mol. The van der Waals surface area contributed by atoms with Crippen LogP contribution in [-0.4, -0.2) is 69.5 Å². The van der Waals surface area contributed by atoms with Crippen LogP contribution in [-0.2, 0) is 16.0 Å². The standard InChI is InChI=1S/C32H30F3N7O5S2/c1-19-16-24(45-2)13-14-25(19)42-27(43)17-49-30(42)39-29(48)37-26(38-31(44)46-3)15-6-20-4-7-21(8-5-20)28-36-18-41(40-28)22-9-11-23(12-10-22)47-32(33,34)35/h4-5,7-14,16,18,26H,6,15,17H2,1-3H3,(H,37,48)(H,38,44). The van der Waals surface area contributed by atoms with Gasteiger partial charge in [-0.2, -0.15) is 4.99 Å². The third kappa shape index (κ3) is 9.26. The van der Waals surface area contributed by atoms with Crippen molar-refractivity contribution >= 4 is 51.9 Å². The molecule has 12 nitrogen and oxygen atoms in total. The van der Waals surface area contributed by atoms with E-state index >= 15 is 0 Å². The molecule has 5 rings (SSSR count). The number of ether oxygens (including phenoxy) is 3. The first kappa shape index (κ1) is 35.2. The van der Waals surface area contributed by atoms with Gasteiger partial charge in [-0.1, -0.05) is 36.0 Å². The molecule has 1 aliphatic heterocycles. The van der Waals surface area contributed by atoms with E-state index in [1.807, 2.05) is 37.3 Å². The highest BCUT2D eigenvalue weighted by Gasteiger charge is 2.32. The highest BCUT2D eigenvalue weighted by atomic mass is 32.2. The highest BCUT2D eigenvalue weighted by Crippen LogP contribution is 2.31. The van der Waals surface area contributed by atoms with Crippen LogP contribution < -0.4 is 25.0 Å². The van der Waals surface area contributed by atoms with Crippen LogP contribution in [0.5, 0.6) is 11.5 Å². The molecule has 3 aromatic carbocycles. The summed E-state index contributed by atoms with van der Waals surface area (Å²) in [6.45, 7) is 1.87. The molecule has 1 aliphatic rings. The number of amidine groups is 1. The number of methoxy groups -OCH3 is 2. The Morgan fingerprint density at radius 3 is 2.43 bits per heavy atom. The number of alkyl halides is 3. The number of anilines is 1. The molecule has 256 valence electrons. The summed E-state index contributed by atoms with van der Waals surface area (Å²) in [5.41, 5.74) is 3.67. The van der Waals surface area contributed by atoms with Gasteiger partial charge in [0, 0.05) is 5.56 Å². The second-order valence-electron chi connectivity index (χ2n) is 10.5. The number of thioether (sulfide) groups is 1. The van der Waals surface area contributed by atoms with Crippen LogP contribution in [0.15, 0.2) is 78.0 Å². The van der Waals surface area contributed by atoms with Gasteiger partial charge in [0.15, 0.2) is 16.1 Å². The SMILES string of the molecule is COC(=O)NC(CCc1ccc(-c2ncn(-c3ccc(OC(F)(F)F)cc3)n2)cc1)NC(=S)N=C1SCC(=O)N1c1ccc(OC)cc1C. The summed E-state index contributed by atoms with van der Waals surface area (Å²) in [7, 11) is 2.83. The number of hydrogen-bond donors (Lipinski definition) is 2. The van der Waals surface area contributed by atoms with E-state index in [0.717, 1.165) is 16.7 Å². The largest absolute Gasteiger partial charge is 0.573 e. The Kier molecular flexibility index (Phi) is 11.0. The zero-order valence-electron chi connectivity index (χ0n) is 26.4. The normalized spacial score (nSPS) is 14.4. The number of thiocarbonyl (C=S) groups is 1. The summed E-state index contributed by atoms with van der Waals surface area (Å²) in [6, 6.07) is 18.1. The van der Waals surface area contributed by atoms with E-state index in [1.54, 1.807) is 19.2 Å². The second-order valence-corrected chi connectivity index (χ2v) is 11.8. The monoisotopic (exact) mass is 713 g/mol. The lowest BCUT2D eigenvalue weighted by Gasteiger charge is -2.21. The van der Waals surface area contributed by atoms with E-state index in [1.165, 1.54) is 59.0 Å². The fourth-order valence-electron chi connectivity index (χ4n) is 4.79. The smallest absolute Gasteiger partial charge is 0.497 e. The van der Waals surface area contributed by atoms with Gasteiger partial charge >= 0.3 is 12.5 Å². The second kappa shape index (κ2) is 15.4. The first-order valence-electron chi connectivity index (χ1n) is 14.6. The lowest BCUT2D eigenvalue weighted by molar-refractivity contribution is -0.274. The number of nitrogens with zero attached hydrogens (tertiary/aromatic N) is 5. The Hall–Kier alpha value is -5.16. The van der Waals surface area contributed by atoms with E-state index in [4.69, 9.17) is 21.7 Å². The third-order valence-corrected chi connectivity index (χ3v) is 8.28. The minimum absolute atomic E-state index is 0.0781. The van der Waals surface area contributed by atoms with Gasteiger partial charge in [0.1, 0.15) is 24.0 Å². The summed E-state index contributed by atoms with van der Waals surface area (Å²) in [5, 5.41) is 10.7. The molecule has 0 bridgehead atoms. The van der Waals surface area contributed by atoms with Crippen molar-refractivity contribution in [3.05, 3.63) is 84.2 Å². The van der Waals surface area contributed by atoms with Crippen molar-refractivity contribution in [1.82, 2.24) is 25.4 Å². The minimum Gasteiger partial charge on any atom is -0.497 e. The van der Waals surface area contributed by atoms with Crippen LogP contribution in [0, 0.1) is 6.92 Å². The Bertz CT molecular complexity index is 1850. The van der Waals surface area contributed by atoms with Gasteiger partial charge in [-0.3, -0.25) is 9.69 Å². The summed E-state index contributed by atoms with van der Waals surface area (Å²) in [6.07, 6.45) is -3.68. The molecule has 2 heterocycles. The topological polar surface area (TPSA) is 132 Å². The zero-order valence-corrected chi connectivity index (χ0v) is 28.0. The number of nitrogens with one attached hydrogen (secondary N) is 2. The maximum Gasteiger partial charge on any atom is 0.573 e. The number of aliphatic imine (C=N–C) groups is 1. The molecule has 0 radical (unpaired) electrons. The van der Waals surface area contributed by atoms with Crippen LogP contribution in [0.1, 0.15) is 17.5 Å². The van der Waals surface area contributed by atoms with Crippen molar-refractivity contribution in [3.63, 3.8) is 0 Å². The summed E-state index contributed by atoms with van der Waals surface area (Å²) in [5.74, 6) is 0.817. The van der Waals surface area contributed by atoms with Crippen LogP contribution in [0.3, 0.4) is 0 Å². The molecule has 0 spiro atoms. The minimum atomic E-state index is -4.78. The van der Waals surface area contributed by atoms with Crippen LogP contribution in [0.25, 0.3) is 17.1 Å². The summed E-state index contributed by atoms with van der Waals surface area (Å²) >= 11 is 6.77. The maximum absolute atomic E-state index is 12.8. The van der Waals surface area contributed by atoms with Crippen molar-refractivity contribution in [1.29, 1.82) is 0 Å². The van der Waals surface area contributed by atoms with Gasteiger partial charge in [-0.15, -0.1) is 18.3 Å². The van der Waals surface area contributed by atoms with E-state index in [2.05, 4.69) is 30.4 Å². The third-order valence-electron chi connectivity index (χ3n) is 7.14. The molecule has 17 heteroatoms. The number of hydrogen-bond acceptors (Lipinski definition) is 9. The van der Waals surface area contributed by atoms with E-state index < -0.39 is 18.6 Å². The average Bonchev–Trinajstić information content (AvgIpc) is 3.70. The molecule has 1 fully saturated rings. The van der Waals surface area contributed by atoms with Gasteiger partial charge in [-0.05, 0) is 85.6 Å². The number of amides is 2. The van der Waals surface area contributed by atoms with Gasteiger partial charge in [0.05, 0.1) is 31.3 Å². The van der Waals surface area contributed by atoms with Gasteiger partial charge in [-0.25, -0.2) is 14.5 Å². The molecule has 1 aromatic heterocycles. The van der Waals surface area contributed by atoms with Crippen LogP contribution in [0.2, 0.25) is 0 Å². The van der Waals surface area contributed by atoms with Crippen molar-refractivity contribution in [2.75, 3.05) is 24.9 Å². The number of carbonyl (C=O) groups is 2. The van der Waals surface area contributed by atoms with Crippen molar-refractivity contribution in [2.45, 2.75) is 32.3 Å². The van der Waals surface area contributed by atoms with E-state index in [-0.39, 0.29) is 22.5 Å². The number of benzene rings is 3. The lowest BCUT2D eigenvalue weighted by Crippen LogP contribution is -2.47. The Balaban J connectivity index is 1.22. The lowest BCUT2D eigenvalue weighted by atomic mass is 10.1. The molecular weight excluding hydrogens is 684 g/mol. The van der Waals surface area contributed by atoms with Crippen LogP contribution in [0.4, 0.5) is 23.7 Å². The fraction of sp³-hybridized carbons (Fsp3) is 0.250. The van der Waals surface area contributed by atoms with Gasteiger partial charge in [0.2, 0.25) is 5.91 Å². The Labute approximate surface area is 288 Å². The number of rotatable bonds is 10. The molecule has 1 unspecified atom stereocenters. The molecule has 0 saturated carbocycles. The molecular formula is C32H30F3N7O5S2. The van der Waals surface area contributed by atoms with Crippen molar-refractivity contribution in [2.24, 2.45) is 4.99 Å². The molecule has 4 aromatic rings. The molecule has 1 saturated heterocycles. The number of aromatic nitrogens is 3. The molecule has 1 atom stereocenters. The maximum atomic E-state index is 12.8. The first-order valence-corrected chi connectivity index (χ1v) is 16.0. The summed E-state index contributed by atoms with van der Waals surface area (Å²) < 4.78 is 52.8. The van der Waals surface area contributed by atoms with E-state index in [0.29, 0.717) is 41.0 Å².